The zero-order chi connectivity index (χ0) is 11.1. The molecule has 1 rings (SSSR count). The van der Waals surface area contributed by atoms with Crippen LogP contribution in [-0.4, -0.2) is 36.7 Å². The first kappa shape index (κ1) is 11.8. The molecule has 5 heteroatoms. The lowest BCUT2D eigenvalue weighted by atomic mass is 10.3. The summed E-state index contributed by atoms with van der Waals surface area (Å²) in [5, 5.41) is 17.6. The summed E-state index contributed by atoms with van der Waals surface area (Å²) < 4.78 is 10.2. The number of hydroxylamine groups is 1. The van der Waals surface area contributed by atoms with Crippen molar-refractivity contribution in [3.05, 3.63) is 24.3 Å². The van der Waals surface area contributed by atoms with E-state index in [1.165, 1.54) is 0 Å². The number of benzene rings is 1. The van der Waals surface area contributed by atoms with Crippen LogP contribution in [0.2, 0.25) is 0 Å². The molecule has 1 aromatic carbocycles. The number of aliphatic hydroxyl groups excluding tert-OH is 1. The molecule has 0 aliphatic heterocycles. The minimum atomic E-state index is -0.739. The Kier molecular flexibility index (Phi) is 4.89. The molecule has 0 aliphatic rings. The first-order chi connectivity index (χ1) is 7.26. The molecule has 0 amide bonds. The summed E-state index contributed by atoms with van der Waals surface area (Å²) in [5.41, 5.74) is 1.87. The summed E-state index contributed by atoms with van der Waals surface area (Å²) in [7, 11) is 1.59. The van der Waals surface area contributed by atoms with Crippen LogP contribution in [0.15, 0.2) is 24.3 Å². The van der Waals surface area contributed by atoms with Crippen molar-refractivity contribution in [1.29, 1.82) is 0 Å². The molecule has 0 heterocycles. The van der Waals surface area contributed by atoms with Crippen molar-refractivity contribution in [2.45, 2.75) is 6.10 Å². The van der Waals surface area contributed by atoms with Gasteiger partial charge < -0.3 is 19.8 Å². The molecule has 0 spiro atoms. The van der Waals surface area contributed by atoms with Crippen molar-refractivity contribution in [2.75, 3.05) is 20.3 Å². The van der Waals surface area contributed by atoms with E-state index in [1.807, 2.05) is 5.48 Å². The number of hydrogen-bond acceptors (Lipinski definition) is 5. The molecule has 15 heavy (non-hydrogen) atoms. The molecular formula is C10H15NO4. The number of aliphatic hydroxyl groups is 1. The molecule has 0 saturated heterocycles. The van der Waals surface area contributed by atoms with E-state index in [9.17, 15) is 5.11 Å². The van der Waals surface area contributed by atoms with E-state index in [0.29, 0.717) is 5.75 Å². The minimum absolute atomic E-state index is 0.0795. The predicted molar refractivity (Wildman–Crippen MR) is 54.3 cm³/mol. The molecule has 84 valence electrons. The van der Waals surface area contributed by atoms with Gasteiger partial charge in [-0.3, -0.25) is 0 Å². The van der Waals surface area contributed by atoms with Gasteiger partial charge in [-0.05, 0) is 24.3 Å². The Balaban J connectivity index is 2.37. The second kappa shape index (κ2) is 6.23. The number of nitrogens with one attached hydrogen (secondary N) is 1. The number of hydrogen-bond donors (Lipinski definition) is 3. The highest BCUT2D eigenvalue weighted by Gasteiger charge is 2.03. The molecule has 0 bridgehead atoms. The van der Waals surface area contributed by atoms with Gasteiger partial charge in [-0.1, -0.05) is 0 Å². The van der Waals surface area contributed by atoms with E-state index >= 15 is 0 Å². The Hall–Kier alpha value is -1.30. The van der Waals surface area contributed by atoms with Gasteiger partial charge in [0, 0.05) is 0 Å². The van der Waals surface area contributed by atoms with Crippen LogP contribution < -0.4 is 15.0 Å². The van der Waals surface area contributed by atoms with Gasteiger partial charge >= 0.3 is 0 Å². The van der Waals surface area contributed by atoms with Crippen LogP contribution >= 0.6 is 0 Å². The maximum Gasteiger partial charge on any atom is 0.119 e. The van der Waals surface area contributed by atoms with Crippen LogP contribution in [0.5, 0.6) is 11.5 Å². The SMILES string of the molecule is COc1ccc(OCC(O)CNO)cc1. The molecule has 5 nitrogen and oxygen atoms in total. The predicted octanol–water partition coefficient (Wildman–Crippen LogP) is 0.414. The highest BCUT2D eigenvalue weighted by atomic mass is 16.5. The summed E-state index contributed by atoms with van der Waals surface area (Å²) in [6.07, 6.45) is -0.739. The van der Waals surface area contributed by atoms with Gasteiger partial charge in [-0.15, -0.1) is 0 Å². The van der Waals surface area contributed by atoms with Crippen LogP contribution in [0, 0.1) is 0 Å². The van der Waals surface area contributed by atoms with E-state index in [-0.39, 0.29) is 13.2 Å². The summed E-state index contributed by atoms with van der Waals surface area (Å²) in [4.78, 5) is 0. The molecule has 0 fully saturated rings. The van der Waals surface area contributed by atoms with Gasteiger partial charge in [0.15, 0.2) is 0 Å². The molecule has 0 radical (unpaired) electrons. The lowest BCUT2D eigenvalue weighted by molar-refractivity contribution is 0.0601. The van der Waals surface area contributed by atoms with Gasteiger partial charge in [-0.2, -0.15) is 0 Å². The zero-order valence-corrected chi connectivity index (χ0v) is 8.51. The lowest BCUT2D eigenvalue weighted by Crippen LogP contribution is -2.29. The number of rotatable bonds is 6. The van der Waals surface area contributed by atoms with Crippen molar-refractivity contribution in [3.8, 4) is 11.5 Å². The molecule has 0 saturated carbocycles. The quantitative estimate of drug-likeness (QED) is 0.597. The third-order valence-electron chi connectivity index (χ3n) is 1.83. The highest BCUT2D eigenvalue weighted by molar-refractivity contribution is 5.31. The molecule has 1 unspecified atom stereocenters. The van der Waals surface area contributed by atoms with Crippen molar-refractivity contribution in [2.24, 2.45) is 0 Å². The van der Waals surface area contributed by atoms with Gasteiger partial charge in [0.2, 0.25) is 0 Å². The summed E-state index contributed by atoms with van der Waals surface area (Å²) >= 11 is 0. The summed E-state index contributed by atoms with van der Waals surface area (Å²) in [5.74, 6) is 1.40. The third-order valence-corrected chi connectivity index (χ3v) is 1.83. The molecule has 0 aromatic heterocycles. The molecule has 1 aromatic rings. The van der Waals surface area contributed by atoms with Crippen molar-refractivity contribution >= 4 is 0 Å². The van der Waals surface area contributed by atoms with Gasteiger partial charge in [-0.25, -0.2) is 5.48 Å². The van der Waals surface area contributed by atoms with Crippen LogP contribution in [0.25, 0.3) is 0 Å². The van der Waals surface area contributed by atoms with Crippen LogP contribution in [0.4, 0.5) is 0 Å². The maximum absolute atomic E-state index is 9.24. The number of ether oxygens (including phenoxy) is 2. The van der Waals surface area contributed by atoms with E-state index in [4.69, 9.17) is 14.7 Å². The Morgan fingerprint density at radius 3 is 2.40 bits per heavy atom. The summed E-state index contributed by atoms with van der Waals surface area (Å²) in [6, 6.07) is 7.04. The average Bonchev–Trinajstić information content (AvgIpc) is 2.27. The lowest BCUT2D eigenvalue weighted by Gasteiger charge is -2.11. The van der Waals surface area contributed by atoms with Gasteiger partial charge in [0.1, 0.15) is 24.2 Å². The number of methoxy groups -OCH3 is 1. The Bertz CT molecular complexity index is 275. The Morgan fingerprint density at radius 1 is 1.27 bits per heavy atom. The fraction of sp³-hybridized carbons (Fsp3) is 0.400. The largest absolute Gasteiger partial charge is 0.497 e. The third kappa shape index (κ3) is 4.16. The van der Waals surface area contributed by atoms with Crippen LogP contribution in [-0.2, 0) is 0 Å². The first-order valence-electron chi connectivity index (χ1n) is 4.58. The fourth-order valence-electron chi connectivity index (χ4n) is 1.03. The Morgan fingerprint density at radius 2 is 1.87 bits per heavy atom. The van der Waals surface area contributed by atoms with E-state index in [2.05, 4.69) is 0 Å². The Labute approximate surface area is 88.2 Å². The zero-order valence-electron chi connectivity index (χ0n) is 8.51. The molecule has 0 aliphatic carbocycles. The van der Waals surface area contributed by atoms with Crippen LogP contribution in [0.1, 0.15) is 0 Å². The van der Waals surface area contributed by atoms with Crippen molar-refractivity contribution in [3.63, 3.8) is 0 Å². The van der Waals surface area contributed by atoms with Gasteiger partial charge in [0.25, 0.3) is 0 Å². The highest BCUT2D eigenvalue weighted by Crippen LogP contribution is 2.16. The van der Waals surface area contributed by atoms with E-state index < -0.39 is 6.10 Å². The summed E-state index contributed by atoms with van der Waals surface area (Å²) in [6.45, 7) is 0.204. The van der Waals surface area contributed by atoms with Crippen LogP contribution in [0.3, 0.4) is 0 Å². The fourth-order valence-corrected chi connectivity index (χ4v) is 1.03. The smallest absolute Gasteiger partial charge is 0.119 e. The second-order valence-corrected chi connectivity index (χ2v) is 3.00. The standard InChI is InChI=1S/C10H15NO4/c1-14-9-2-4-10(5-3-9)15-7-8(12)6-11-13/h2-5,8,11-13H,6-7H2,1H3. The van der Waals surface area contributed by atoms with Gasteiger partial charge in [0.05, 0.1) is 13.7 Å². The normalized spacial score (nSPS) is 12.2. The second-order valence-electron chi connectivity index (χ2n) is 3.00. The molecule has 1 atom stereocenters. The molecule has 3 N–H and O–H groups in total. The monoisotopic (exact) mass is 213 g/mol. The van der Waals surface area contributed by atoms with Crippen molar-refractivity contribution in [1.82, 2.24) is 5.48 Å². The molecular weight excluding hydrogens is 198 g/mol. The van der Waals surface area contributed by atoms with E-state index in [1.54, 1.807) is 31.4 Å². The topological polar surface area (TPSA) is 71.0 Å². The van der Waals surface area contributed by atoms with Crippen molar-refractivity contribution < 1.29 is 19.8 Å². The maximum atomic E-state index is 9.24. The van der Waals surface area contributed by atoms with E-state index in [0.717, 1.165) is 5.75 Å². The first-order valence-corrected chi connectivity index (χ1v) is 4.58. The average molecular weight is 213 g/mol. The minimum Gasteiger partial charge on any atom is -0.497 e.